The van der Waals surface area contributed by atoms with Crippen LogP contribution in [0.5, 0.6) is 5.75 Å². The maximum atomic E-state index is 14.5. The molecule has 1 aliphatic heterocycles. The number of halogens is 1. The highest BCUT2D eigenvalue weighted by Gasteiger charge is 2.37. The van der Waals surface area contributed by atoms with Gasteiger partial charge in [-0.15, -0.1) is 11.3 Å². The van der Waals surface area contributed by atoms with Crippen LogP contribution in [-0.2, 0) is 9.53 Å². The van der Waals surface area contributed by atoms with E-state index < -0.39 is 12.0 Å². The lowest BCUT2D eigenvalue weighted by Crippen LogP contribution is -2.40. The second kappa shape index (κ2) is 12.8. The number of benzene rings is 2. The minimum Gasteiger partial charge on any atom is -0.496 e. The summed E-state index contributed by atoms with van der Waals surface area (Å²) in [6, 6.07) is 17.9. The predicted octanol–water partition coefficient (Wildman–Crippen LogP) is 6.56. The van der Waals surface area contributed by atoms with E-state index in [-0.39, 0.29) is 17.7 Å². The first-order chi connectivity index (χ1) is 22.6. The van der Waals surface area contributed by atoms with E-state index in [2.05, 4.69) is 10.6 Å². The number of carbonyl (C=O) groups excluding carboxylic acids is 1. The summed E-state index contributed by atoms with van der Waals surface area (Å²) in [4.78, 5) is 34.7. The number of aryl methyl sites for hydroxylation is 2. The molecule has 3 aromatic heterocycles. The Balaban J connectivity index is 1.64. The average Bonchev–Trinajstić information content (AvgIpc) is 3.64. The summed E-state index contributed by atoms with van der Waals surface area (Å²) in [5, 5.41) is 11.2. The van der Waals surface area contributed by atoms with Crippen molar-refractivity contribution < 1.29 is 14.3 Å². The van der Waals surface area contributed by atoms with E-state index in [9.17, 15) is 14.9 Å². The molecule has 0 fully saturated rings. The molecule has 0 unspecified atom stereocenters. The van der Waals surface area contributed by atoms with E-state index in [1.165, 1.54) is 23.0 Å². The largest absolute Gasteiger partial charge is 0.496 e. The van der Waals surface area contributed by atoms with E-state index >= 15 is 0 Å². The van der Waals surface area contributed by atoms with Gasteiger partial charge in [-0.2, -0.15) is 5.26 Å². The third kappa shape index (κ3) is 5.54. The van der Waals surface area contributed by atoms with Crippen LogP contribution in [0.2, 0.25) is 5.02 Å². The SMILES string of the molecule is CCOC(=O)C1=C(c2ccccc2)N=c2s/c(=C\c3cc(C)n(-c4sc(C)c(C)c4C#N)c3C)c(=O)n2[C@H]1c1cc(Cl)ccc1OC. The zero-order valence-corrected chi connectivity index (χ0v) is 29.1. The molecule has 0 saturated carbocycles. The van der Waals surface area contributed by atoms with Crippen LogP contribution in [0.1, 0.15) is 57.0 Å². The lowest BCUT2D eigenvalue weighted by molar-refractivity contribution is -0.138. The van der Waals surface area contributed by atoms with Crippen LogP contribution >= 0.6 is 34.3 Å². The van der Waals surface area contributed by atoms with Gasteiger partial charge < -0.3 is 14.0 Å². The molecule has 1 atom stereocenters. The first kappa shape index (κ1) is 32.3. The van der Waals surface area contributed by atoms with Gasteiger partial charge in [-0.3, -0.25) is 9.36 Å². The molecule has 47 heavy (non-hydrogen) atoms. The van der Waals surface area contributed by atoms with Crippen molar-refractivity contribution in [2.75, 3.05) is 13.7 Å². The second-order valence-corrected chi connectivity index (χ2v) is 13.7. The number of hydrogen-bond acceptors (Lipinski definition) is 8. The fourth-order valence-corrected chi connectivity index (χ4v) is 8.33. The van der Waals surface area contributed by atoms with Gasteiger partial charge in [0.25, 0.3) is 5.56 Å². The van der Waals surface area contributed by atoms with Gasteiger partial charge in [-0.05, 0) is 76.1 Å². The molecule has 0 amide bonds. The van der Waals surface area contributed by atoms with Crippen molar-refractivity contribution in [2.24, 2.45) is 4.99 Å². The highest BCUT2D eigenvalue weighted by molar-refractivity contribution is 7.15. The number of nitrogens with zero attached hydrogens (tertiary/aromatic N) is 4. The Labute approximate surface area is 284 Å². The average molecular weight is 683 g/mol. The normalized spacial score (nSPS) is 14.5. The van der Waals surface area contributed by atoms with E-state index in [0.29, 0.717) is 42.5 Å². The summed E-state index contributed by atoms with van der Waals surface area (Å²) in [7, 11) is 1.53. The third-order valence-corrected chi connectivity index (χ3v) is 10.7. The first-order valence-electron chi connectivity index (χ1n) is 14.9. The van der Waals surface area contributed by atoms with Crippen molar-refractivity contribution >= 4 is 52.0 Å². The molecule has 8 nitrogen and oxygen atoms in total. The van der Waals surface area contributed by atoms with Crippen LogP contribution in [0.4, 0.5) is 0 Å². The summed E-state index contributed by atoms with van der Waals surface area (Å²) in [5.74, 6) is -0.127. The molecule has 5 aromatic rings. The molecule has 11 heteroatoms. The summed E-state index contributed by atoms with van der Waals surface area (Å²) < 4.78 is 15.3. The number of hydrogen-bond donors (Lipinski definition) is 0. The molecule has 2 aromatic carbocycles. The van der Waals surface area contributed by atoms with Crippen molar-refractivity contribution in [3.8, 4) is 16.8 Å². The number of carbonyl (C=O) groups is 1. The fraction of sp³-hybridized carbons (Fsp3) is 0.222. The van der Waals surface area contributed by atoms with E-state index in [4.69, 9.17) is 26.1 Å². The van der Waals surface area contributed by atoms with Crippen molar-refractivity contribution in [1.82, 2.24) is 9.13 Å². The molecular weight excluding hydrogens is 652 g/mol. The lowest BCUT2D eigenvalue weighted by atomic mass is 9.92. The zero-order valence-electron chi connectivity index (χ0n) is 26.7. The Morgan fingerprint density at radius 3 is 2.53 bits per heavy atom. The highest BCUT2D eigenvalue weighted by atomic mass is 35.5. The molecule has 0 bridgehead atoms. The maximum absolute atomic E-state index is 14.5. The standard InChI is InChI=1S/C36H31ClN4O4S2/c1-7-45-35(43)30-31(23-11-9-8-10-12-23)39-36-41(32(30)26-17-25(37)13-14-28(26)44-6)33(42)29(47-36)16-24-15-19(2)40(21(24)4)34-27(18-38)20(3)22(5)46-34/h8-17,32H,7H2,1-6H3/b29-16-/t32-/m0/s1. The molecule has 6 rings (SSSR count). The number of ether oxygens (including phenoxy) is 2. The van der Waals surface area contributed by atoms with Gasteiger partial charge in [0.15, 0.2) is 4.80 Å². The number of rotatable bonds is 7. The Hall–Kier alpha value is -4.69. The quantitative estimate of drug-likeness (QED) is 0.181. The molecule has 1 aliphatic rings. The molecule has 0 spiro atoms. The molecule has 0 saturated heterocycles. The van der Waals surface area contributed by atoms with Crippen molar-refractivity contribution in [1.29, 1.82) is 5.26 Å². The maximum Gasteiger partial charge on any atom is 0.338 e. The van der Waals surface area contributed by atoms with Crippen LogP contribution in [0.3, 0.4) is 0 Å². The smallest absolute Gasteiger partial charge is 0.338 e. The number of aromatic nitrogens is 2. The minimum absolute atomic E-state index is 0.140. The summed E-state index contributed by atoms with van der Waals surface area (Å²) in [5.41, 5.74) is 5.84. The Morgan fingerprint density at radius 1 is 1.11 bits per heavy atom. The number of thiophene rings is 1. The number of methoxy groups -OCH3 is 1. The topological polar surface area (TPSA) is 98.6 Å². The minimum atomic E-state index is -0.931. The second-order valence-electron chi connectivity index (χ2n) is 11.1. The van der Waals surface area contributed by atoms with E-state index in [0.717, 1.165) is 32.4 Å². The molecular formula is C36H31ClN4O4S2. The van der Waals surface area contributed by atoms with Crippen LogP contribution in [0.25, 0.3) is 16.8 Å². The van der Waals surface area contributed by atoms with Crippen LogP contribution < -0.4 is 19.6 Å². The van der Waals surface area contributed by atoms with Gasteiger partial charge in [0.1, 0.15) is 22.9 Å². The molecule has 238 valence electrons. The van der Waals surface area contributed by atoms with Crippen LogP contribution in [0, 0.1) is 39.0 Å². The highest BCUT2D eigenvalue weighted by Crippen LogP contribution is 2.40. The number of esters is 1. The fourth-order valence-electron chi connectivity index (χ4n) is 5.94. The third-order valence-electron chi connectivity index (χ3n) is 8.30. The molecule has 0 aliphatic carbocycles. The molecule has 0 N–H and O–H groups in total. The predicted molar refractivity (Wildman–Crippen MR) is 186 cm³/mol. The van der Waals surface area contributed by atoms with Gasteiger partial charge in [0.05, 0.1) is 35.1 Å². The zero-order chi connectivity index (χ0) is 33.6. The van der Waals surface area contributed by atoms with Gasteiger partial charge in [0, 0.05) is 32.4 Å². The Morgan fingerprint density at radius 2 is 1.85 bits per heavy atom. The van der Waals surface area contributed by atoms with Crippen LogP contribution in [0.15, 0.2) is 70.0 Å². The first-order valence-corrected chi connectivity index (χ1v) is 16.9. The van der Waals surface area contributed by atoms with Gasteiger partial charge in [-0.25, -0.2) is 9.79 Å². The Bertz CT molecular complexity index is 2320. The van der Waals surface area contributed by atoms with Gasteiger partial charge in [0.2, 0.25) is 0 Å². The molecule has 0 radical (unpaired) electrons. The van der Waals surface area contributed by atoms with E-state index in [1.807, 2.05) is 70.2 Å². The van der Waals surface area contributed by atoms with Gasteiger partial charge >= 0.3 is 5.97 Å². The number of fused-ring (bicyclic) bond motifs is 1. The van der Waals surface area contributed by atoms with Crippen molar-refractivity contribution in [3.05, 3.63) is 129 Å². The summed E-state index contributed by atoms with van der Waals surface area (Å²) in [6.45, 7) is 9.82. The number of thiazole rings is 1. The van der Waals surface area contributed by atoms with Crippen molar-refractivity contribution in [2.45, 2.75) is 40.7 Å². The lowest BCUT2D eigenvalue weighted by Gasteiger charge is -2.27. The summed E-state index contributed by atoms with van der Waals surface area (Å²) in [6.07, 6.45) is 1.85. The van der Waals surface area contributed by atoms with E-state index in [1.54, 1.807) is 36.5 Å². The number of nitriles is 1. The van der Waals surface area contributed by atoms with Gasteiger partial charge in [-0.1, -0.05) is 53.3 Å². The van der Waals surface area contributed by atoms with Crippen LogP contribution in [-0.4, -0.2) is 28.8 Å². The monoisotopic (exact) mass is 682 g/mol. The Kier molecular flexibility index (Phi) is 8.81. The summed E-state index contributed by atoms with van der Waals surface area (Å²) >= 11 is 9.33. The van der Waals surface area contributed by atoms with Crippen molar-refractivity contribution in [3.63, 3.8) is 0 Å². The molecule has 4 heterocycles.